The predicted octanol–water partition coefficient (Wildman–Crippen LogP) is -4.94. The van der Waals surface area contributed by atoms with Gasteiger partial charge >= 0.3 is 27.0 Å². The van der Waals surface area contributed by atoms with Gasteiger partial charge in [-0.3, -0.25) is 18.8 Å². The lowest BCUT2D eigenvalue weighted by Gasteiger charge is -2.30. The maximum absolute atomic E-state index is 12.6. The average Bonchev–Trinajstić information content (AvgIpc) is 3.63. The highest BCUT2D eigenvalue weighted by atomic mass is 31.3. The first kappa shape index (κ1) is 39.1. The van der Waals surface area contributed by atoms with E-state index in [2.05, 4.69) is 39.4 Å². The molecule has 1 aliphatic carbocycles. The van der Waals surface area contributed by atoms with Crippen LogP contribution in [0.15, 0.2) is 37.2 Å². The molecule has 292 valence electrons. The minimum Gasteiger partial charge on any atom is -0.388 e. The number of hydrogen-bond acceptors (Lipinski definition) is 19. The van der Waals surface area contributed by atoms with Gasteiger partial charge in [0.25, 0.3) is 5.56 Å². The molecule has 0 saturated carbocycles. The van der Waals surface area contributed by atoms with Crippen molar-refractivity contribution in [3.63, 3.8) is 0 Å². The zero-order chi connectivity index (χ0) is 38.6. The van der Waals surface area contributed by atoms with E-state index in [-0.39, 0.29) is 30.3 Å². The highest BCUT2D eigenvalue weighted by Crippen LogP contribution is 2.60. The molecule has 26 heteroatoms. The van der Waals surface area contributed by atoms with Gasteiger partial charge in [0.2, 0.25) is 5.52 Å². The number of aliphatic imine (C=N–C) groups is 1. The van der Waals surface area contributed by atoms with Crippen LogP contribution in [0.4, 0.5) is 0 Å². The number of phosphoric ester groups is 2. The maximum Gasteiger partial charge on any atom is 0.481 e. The molecule has 0 spiro atoms. The molecule has 2 aromatic heterocycles. The number of hydrogen-bond donors (Lipinski definition) is 12. The molecule has 24 nitrogen and oxygen atoms in total. The third-order valence-electron chi connectivity index (χ3n) is 9.19. The van der Waals surface area contributed by atoms with Crippen molar-refractivity contribution in [2.24, 2.45) is 10.7 Å². The van der Waals surface area contributed by atoms with Crippen molar-refractivity contribution in [2.45, 2.75) is 76.1 Å². The molecular formula is C27H40N9O15P2+. The monoisotopic (exact) mass is 792 g/mol. The first-order valence-corrected chi connectivity index (χ1v) is 19.1. The maximum atomic E-state index is 12.6. The number of aromatic nitrogens is 4. The van der Waals surface area contributed by atoms with Gasteiger partial charge in [0.05, 0.1) is 25.6 Å². The van der Waals surface area contributed by atoms with Crippen molar-refractivity contribution in [2.75, 3.05) is 26.6 Å². The van der Waals surface area contributed by atoms with E-state index >= 15 is 0 Å². The van der Waals surface area contributed by atoms with Crippen molar-refractivity contribution < 1.29 is 67.1 Å². The summed E-state index contributed by atoms with van der Waals surface area (Å²) in [5, 5.41) is 59.2. The minimum atomic E-state index is -5.51. The van der Waals surface area contributed by atoms with E-state index in [0.717, 1.165) is 11.1 Å². The number of H-pyrrole nitrogens is 2. The Labute approximate surface area is 298 Å². The number of aliphatic hydroxyl groups excluding tert-OH is 5. The van der Waals surface area contributed by atoms with Crippen molar-refractivity contribution in [3.05, 3.63) is 54.9 Å². The molecule has 1 saturated heterocycles. The number of nitrogens with zero attached hydrogens (tertiary/aromatic N) is 4. The zero-order valence-electron chi connectivity index (χ0n) is 28.1. The van der Waals surface area contributed by atoms with Gasteiger partial charge in [-0.05, 0) is 13.8 Å². The summed E-state index contributed by atoms with van der Waals surface area (Å²) >= 11 is 0. The quantitative estimate of drug-likeness (QED) is 0.0513. The molecule has 5 heterocycles. The molecule has 1 fully saturated rings. The third kappa shape index (κ3) is 8.10. The lowest BCUT2D eigenvalue weighted by molar-refractivity contribution is -0.689. The summed E-state index contributed by atoms with van der Waals surface area (Å²) in [6.45, 7) is 1.40. The van der Waals surface area contributed by atoms with Crippen molar-refractivity contribution in [1.82, 2.24) is 30.5 Å². The topological polar surface area (TPSA) is 361 Å². The fraction of sp³-hybridized carbons (Fsp3) is 0.593. The smallest absolute Gasteiger partial charge is 0.388 e. The summed E-state index contributed by atoms with van der Waals surface area (Å²) in [7, 11) is -11.0. The van der Waals surface area contributed by atoms with Gasteiger partial charge in [0.1, 0.15) is 72.9 Å². The summed E-state index contributed by atoms with van der Waals surface area (Å²) in [5.74, 6) is 0.640. The van der Waals surface area contributed by atoms with Gasteiger partial charge in [-0.2, -0.15) is 9.29 Å². The molecule has 0 aromatic carbocycles. The van der Waals surface area contributed by atoms with Crippen LogP contribution in [-0.2, 0) is 46.6 Å². The van der Waals surface area contributed by atoms with Crippen molar-refractivity contribution >= 4 is 32.6 Å². The van der Waals surface area contributed by atoms with Gasteiger partial charge in [0.15, 0.2) is 6.23 Å². The summed E-state index contributed by atoms with van der Waals surface area (Å²) in [5.41, 5.74) is 7.44. The second kappa shape index (κ2) is 14.9. The van der Waals surface area contributed by atoms with Gasteiger partial charge in [-0.25, -0.2) is 28.5 Å². The molecule has 0 amide bonds. The van der Waals surface area contributed by atoms with Gasteiger partial charge < -0.3 is 61.3 Å². The molecule has 0 bridgehead atoms. The van der Waals surface area contributed by atoms with Crippen LogP contribution in [0.25, 0.3) is 11.2 Å². The molecule has 0 radical (unpaired) electrons. The first-order chi connectivity index (χ1) is 24.9. The second-order valence-corrected chi connectivity index (χ2v) is 15.9. The zero-order valence-corrected chi connectivity index (χ0v) is 29.9. The number of aromatic amines is 2. The fourth-order valence-corrected chi connectivity index (χ4v) is 8.36. The van der Waals surface area contributed by atoms with Crippen molar-refractivity contribution in [1.29, 1.82) is 0 Å². The predicted molar refractivity (Wildman–Crippen MR) is 177 cm³/mol. The molecule has 4 aliphatic rings. The Morgan fingerprint density at radius 3 is 2.45 bits per heavy atom. The Balaban J connectivity index is 1.05. The van der Waals surface area contributed by atoms with E-state index in [1.807, 2.05) is 13.8 Å². The molecule has 53 heavy (non-hydrogen) atoms. The van der Waals surface area contributed by atoms with Crippen molar-refractivity contribution in [3.8, 4) is 0 Å². The number of ether oxygens (including phenoxy) is 1. The number of nitrogens with one attached hydrogen (secondary N) is 4. The van der Waals surface area contributed by atoms with Crippen LogP contribution < -0.4 is 32.2 Å². The van der Waals surface area contributed by atoms with Crippen LogP contribution >= 0.6 is 15.6 Å². The molecule has 13 N–H and O–H groups in total. The van der Waals surface area contributed by atoms with E-state index in [1.54, 1.807) is 0 Å². The van der Waals surface area contributed by atoms with Crippen LogP contribution in [0.2, 0.25) is 0 Å². The van der Waals surface area contributed by atoms with Gasteiger partial charge in [-0.15, -0.1) is 0 Å². The van der Waals surface area contributed by atoms with Crippen LogP contribution in [-0.4, -0.2) is 130 Å². The molecular weight excluding hydrogens is 752 g/mol. The Bertz CT molecular complexity index is 2090. The standard InChI is InChI=1S/C27H39N9O15P2/c1-10-3-12-13(4-11(10)2)35(24-18(32-12)25(42)34-27(43)33-24)5-14(37)19(39)15(38)6-48-52(44,45)51-53(46,47)49-7-16-20(40)21(41)26(50-16)36-9-31-17-22(28)29-8-30-23(17)36/h14-16,19-21,26,37-41H,3-9H2,1-2H3,(H7,28,29,30,31,32,33,34,42,43,44,45,46,47)/p+1/t14-,15+,16+,19-,20+,21+,26+/m0/s1. The average molecular weight is 793 g/mol. The largest absolute Gasteiger partial charge is 0.481 e. The summed E-state index contributed by atoms with van der Waals surface area (Å²) in [4.78, 5) is 59.4. The number of aliphatic hydroxyl groups is 5. The van der Waals surface area contributed by atoms with E-state index in [0.29, 0.717) is 35.7 Å². The Morgan fingerprint density at radius 2 is 1.72 bits per heavy atom. The number of fused-ring (bicyclic) bond motifs is 2. The number of nitrogens with two attached hydrogens (primary N) is 1. The van der Waals surface area contributed by atoms with Crippen LogP contribution in [0, 0.1) is 0 Å². The fourth-order valence-electron chi connectivity index (χ4n) is 6.26. The van der Waals surface area contributed by atoms with Gasteiger partial charge in [-0.1, -0.05) is 11.1 Å². The molecule has 2 aromatic rings. The highest BCUT2D eigenvalue weighted by Gasteiger charge is 2.49. The lowest BCUT2D eigenvalue weighted by atomic mass is 9.93. The lowest BCUT2D eigenvalue weighted by Crippen LogP contribution is -2.53. The molecule has 6 rings (SSSR count). The van der Waals surface area contributed by atoms with Crippen LogP contribution in [0.5, 0.6) is 0 Å². The van der Waals surface area contributed by atoms with E-state index in [4.69, 9.17) is 15.0 Å². The van der Waals surface area contributed by atoms with Crippen LogP contribution in [0.3, 0.4) is 0 Å². The minimum absolute atomic E-state index is 0.0599. The molecule has 2 unspecified atom stereocenters. The number of allylic oxidation sites excluding steroid dienone is 2. The van der Waals surface area contributed by atoms with E-state index < -0.39 is 89.5 Å². The Morgan fingerprint density at radius 1 is 1.02 bits per heavy atom. The SMILES string of the molecule is CC1=C(C)Cc2c(nc3c(=O)[nH]c(=O)[nH]c3[n+]2C[C@H](O)[C@H](O)[C@H](O)COP(=O)(O)OP(=O)(O)OC[C@H]2O[C@@H](N3CNC4=C3NCN=C4N)[C@H](O)[C@@H]2O)C1. The summed E-state index contributed by atoms with van der Waals surface area (Å²) in [6.07, 6.45) is -11.1. The van der Waals surface area contributed by atoms with Gasteiger partial charge in [0, 0.05) is 12.8 Å². The Kier molecular flexibility index (Phi) is 11.0. The normalized spacial score (nSPS) is 27.0. The number of rotatable bonds is 13. The number of amidine groups is 1. The Hall–Kier alpha value is -3.61. The van der Waals surface area contributed by atoms with E-state index in [9.17, 15) is 54.0 Å². The third-order valence-corrected chi connectivity index (χ3v) is 11.8. The summed E-state index contributed by atoms with van der Waals surface area (Å²) < 4.78 is 45.7. The summed E-state index contributed by atoms with van der Waals surface area (Å²) in [6, 6.07) is 0. The second-order valence-electron chi connectivity index (χ2n) is 12.8. The number of phosphoric acid groups is 2. The molecule has 3 aliphatic heterocycles. The highest BCUT2D eigenvalue weighted by molar-refractivity contribution is 7.61. The van der Waals surface area contributed by atoms with E-state index in [1.165, 1.54) is 9.47 Å². The first-order valence-electron chi connectivity index (χ1n) is 16.1. The van der Waals surface area contributed by atoms with Crippen LogP contribution in [0.1, 0.15) is 25.2 Å². The molecule has 9 atom stereocenters.